The molecule has 2 saturated heterocycles. The zero-order chi connectivity index (χ0) is 15.6. The van der Waals surface area contributed by atoms with Crippen LogP contribution in [0.15, 0.2) is 23.1 Å². The van der Waals surface area contributed by atoms with Gasteiger partial charge in [-0.1, -0.05) is 11.3 Å². The summed E-state index contributed by atoms with van der Waals surface area (Å²) in [5.41, 5.74) is 1.14. The Bertz CT molecular complexity index is 661. The smallest absolute Gasteiger partial charge is 0.186 e. The number of thiazole rings is 1. The van der Waals surface area contributed by atoms with Gasteiger partial charge in [0.15, 0.2) is 5.13 Å². The highest BCUT2D eigenvalue weighted by Crippen LogP contribution is 2.33. The monoisotopic (exact) mass is 349 g/mol. The van der Waals surface area contributed by atoms with Crippen molar-refractivity contribution < 1.29 is 4.74 Å². The SMILES string of the molecule is CSc1ccc2nc(N3CCC(N4CCOCC4)CC3)sc2c1. The Balaban J connectivity index is 1.43. The minimum atomic E-state index is 0.729. The number of morpholine rings is 1. The van der Waals surface area contributed by atoms with Crippen molar-refractivity contribution in [1.82, 2.24) is 9.88 Å². The Kier molecular flexibility index (Phi) is 4.76. The number of hydrogen-bond donors (Lipinski definition) is 0. The molecule has 0 N–H and O–H groups in total. The maximum Gasteiger partial charge on any atom is 0.186 e. The van der Waals surface area contributed by atoms with Gasteiger partial charge in [0.1, 0.15) is 0 Å². The van der Waals surface area contributed by atoms with Crippen LogP contribution in [0.2, 0.25) is 0 Å². The predicted octanol–water partition coefficient (Wildman–Crippen LogP) is 3.32. The number of hydrogen-bond acceptors (Lipinski definition) is 6. The number of fused-ring (bicyclic) bond motifs is 1. The highest BCUT2D eigenvalue weighted by molar-refractivity contribution is 7.98. The molecule has 4 nitrogen and oxygen atoms in total. The van der Waals surface area contributed by atoms with Gasteiger partial charge in [-0.2, -0.15) is 0 Å². The molecule has 1 aromatic carbocycles. The zero-order valence-electron chi connectivity index (χ0n) is 13.5. The van der Waals surface area contributed by atoms with E-state index in [-0.39, 0.29) is 0 Å². The molecule has 0 saturated carbocycles. The summed E-state index contributed by atoms with van der Waals surface area (Å²) in [4.78, 5) is 11.3. The van der Waals surface area contributed by atoms with Crippen LogP contribution in [0.5, 0.6) is 0 Å². The van der Waals surface area contributed by atoms with Crippen LogP contribution in [-0.4, -0.2) is 61.6 Å². The summed E-state index contributed by atoms with van der Waals surface area (Å²) in [5, 5.41) is 1.19. The molecule has 0 atom stereocenters. The first-order valence-corrected chi connectivity index (χ1v) is 10.4. The number of anilines is 1. The predicted molar refractivity (Wildman–Crippen MR) is 99.0 cm³/mol. The lowest BCUT2D eigenvalue weighted by atomic mass is 10.0. The van der Waals surface area contributed by atoms with Gasteiger partial charge in [-0.3, -0.25) is 4.90 Å². The molecule has 2 fully saturated rings. The number of thioether (sulfide) groups is 1. The van der Waals surface area contributed by atoms with Crippen molar-refractivity contribution in [2.45, 2.75) is 23.8 Å². The lowest BCUT2D eigenvalue weighted by molar-refractivity contribution is 0.0115. The first-order valence-electron chi connectivity index (χ1n) is 8.35. The molecule has 0 aliphatic carbocycles. The zero-order valence-corrected chi connectivity index (χ0v) is 15.2. The molecular formula is C17H23N3OS2. The summed E-state index contributed by atoms with van der Waals surface area (Å²) >= 11 is 3.63. The molecule has 6 heteroatoms. The largest absolute Gasteiger partial charge is 0.379 e. The van der Waals surface area contributed by atoms with Crippen LogP contribution < -0.4 is 4.90 Å². The third kappa shape index (κ3) is 3.36. The lowest BCUT2D eigenvalue weighted by Gasteiger charge is -2.40. The van der Waals surface area contributed by atoms with Crippen LogP contribution in [0, 0.1) is 0 Å². The molecule has 23 heavy (non-hydrogen) atoms. The van der Waals surface area contributed by atoms with E-state index in [0.717, 1.165) is 51.0 Å². The number of aromatic nitrogens is 1. The highest BCUT2D eigenvalue weighted by atomic mass is 32.2. The molecule has 1 aromatic heterocycles. The van der Waals surface area contributed by atoms with Gasteiger partial charge >= 0.3 is 0 Å². The molecule has 124 valence electrons. The van der Waals surface area contributed by atoms with Crippen molar-refractivity contribution in [2.24, 2.45) is 0 Å². The van der Waals surface area contributed by atoms with Crippen molar-refractivity contribution in [3.05, 3.63) is 18.2 Å². The average Bonchev–Trinajstić information content (AvgIpc) is 3.05. The second kappa shape index (κ2) is 6.97. The summed E-state index contributed by atoms with van der Waals surface area (Å²) in [5.74, 6) is 0. The molecule has 3 heterocycles. The molecule has 2 aromatic rings. The maximum atomic E-state index is 5.47. The molecule has 2 aliphatic rings. The Morgan fingerprint density at radius 3 is 2.70 bits per heavy atom. The van der Waals surface area contributed by atoms with Crippen LogP contribution in [0.4, 0.5) is 5.13 Å². The molecule has 0 radical (unpaired) electrons. The van der Waals surface area contributed by atoms with Gasteiger partial charge in [0.05, 0.1) is 23.4 Å². The van der Waals surface area contributed by atoms with E-state index >= 15 is 0 Å². The first kappa shape index (κ1) is 15.7. The van der Waals surface area contributed by atoms with Gasteiger partial charge in [-0.15, -0.1) is 11.8 Å². The molecule has 0 unspecified atom stereocenters. The molecule has 2 aliphatic heterocycles. The highest BCUT2D eigenvalue weighted by Gasteiger charge is 2.27. The van der Waals surface area contributed by atoms with E-state index < -0.39 is 0 Å². The van der Waals surface area contributed by atoms with E-state index in [1.807, 2.05) is 11.3 Å². The third-order valence-corrected chi connectivity index (χ3v) is 6.69. The summed E-state index contributed by atoms with van der Waals surface area (Å²) in [6, 6.07) is 7.32. The lowest BCUT2D eigenvalue weighted by Crippen LogP contribution is -2.49. The molecule has 4 rings (SSSR count). The topological polar surface area (TPSA) is 28.6 Å². The fraction of sp³-hybridized carbons (Fsp3) is 0.588. The van der Waals surface area contributed by atoms with E-state index in [4.69, 9.17) is 9.72 Å². The number of piperidine rings is 1. The second-order valence-corrected chi connectivity index (χ2v) is 8.09. The minimum absolute atomic E-state index is 0.729. The van der Waals surface area contributed by atoms with Crippen LogP contribution in [-0.2, 0) is 4.74 Å². The minimum Gasteiger partial charge on any atom is -0.379 e. The van der Waals surface area contributed by atoms with Gasteiger partial charge in [-0.05, 0) is 37.3 Å². The quantitative estimate of drug-likeness (QED) is 0.793. The Hall–Kier alpha value is -0.820. The fourth-order valence-corrected chi connectivity index (χ4v) is 5.09. The van der Waals surface area contributed by atoms with Crippen LogP contribution >= 0.6 is 23.1 Å². The van der Waals surface area contributed by atoms with Crippen LogP contribution in [0.3, 0.4) is 0 Å². The number of benzene rings is 1. The average molecular weight is 350 g/mol. The van der Waals surface area contributed by atoms with Crippen molar-refractivity contribution in [1.29, 1.82) is 0 Å². The molecular weight excluding hydrogens is 326 g/mol. The van der Waals surface area contributed by atoms with Crippen LogP contribution in [0.25, 0.3) is 10.2 Å². The summed E-state index contributed by atoms with van der Waals surface area (Å²) in [7, 11) is 0. The van der Waals surface area contributed by atoms with E-state index in [1.54, 1.807) is 11.8 Å². The molecule has 0 bridgehead atoms. The van der Waals surface area contributed by atoms with E-state index in [9.17, 15) is 0 Å². The fourth-order valence-electron chi connectivity index (χ4n) is 3.52. The van der Waals surface area contributed by atoms with Crippen LogP contribution in [0.1, 0.15) is 12.8 Å². The first-order chi connectivity index (χ1) is 11.3. The molecule has 0 amide bonds. The summed E-state index contributed by atoms with van der Waals surface area (Å²) < 4.78 is 6.78. The van der Waals surface area contributed by atoms with Crippen molar-refractivity contribution >= 4 is 38.4 Å². The number of ether oxygens (including phenoxy) is 1. The van der Waals surface area contributed by atoms with Gasteiger partial charge in [0.25, 0.3) is 0 Å². The number of nitrogens with zero attached hydrogens (tertiary/aromatic N) is 3. The maximum absolute atomic E-state index is 5.47. The third-order valence-electron chi connectivity index (χ3n) is 4.88. The summed E-state index contributed by atoms with van der Waals surface area (Å²) in [6.07, 6.45) is 4.61. The van der Waals surface area contributed by atoms with Gasteiger partial charge in [0, 0.05) is 37.1 Å². The van der Waals surface area contributed by atoms with Gasteiger partial charge in [-0.25, -0.2) is 4.98 Å². The van der Waals surface area contributed by atoms with E-state index in [1.165, 1.54) is 27.6 Å². The van der Waals surface area contributed by atoms with Crippen molar-refractivity contribution in [3.63, 3.8) is 0 Å². The standard InChI is InChI=1S/C17H23N3OS2/c1-22-14-2-3-15-16(12-14)23-17(18-15)20-6-4-13(5-7-20)19-8-10-21-11-9-19/h2-3,12-13H,4-11H2,1H3. The Morgan fingerprint density at radius 1 is 1.17 bits per heavy atom. The van der Waals surface area contributed by atoms with Crippen molar-refractivity contribution in [3.8, 4) is 0 Å². The number of rotatable bonds is 3. The van der Waals surface area contributed by atoms with Crippen molar-refractivity contribution in [2.75, 3.05) is 50.5 Å². The second-order valence-electron chi connectivity index (χ2n) is 6.20. The molecule has 0 spiro atoms. The van der Waals surface area contributed by atoms with E-state index in [0.29, 0.717) is 0 Å². The Labute approximate surface area is 145 Å². The van der Waals surface area contributed by atoms with Gasteiger partial charge in [0.2, 0.25) is 0 Å². The van der Waals surface area contributed by atoms with E-state index in [2.05, 4.69) is 34.3 Å². The summed E-state index contributed by atoms with van der Waals surface area (Å²) in [6.45, 7) is 6.24. The normalized spacial score (nSPS) is 21.2. The van der Waals surface area contributed by atoms with Gasteiger partial charge < -0.3 is 9.64 Å². The Morgan fingerprint density at radius 2 is 1.96 bits per heavy atom.